The van der Waals surface area contributed by atoms with Gasteiger partial charge in [0, 0.05) is 0 Å². The first kappa shape index (κ1) is 54.7. The molecule has 0 aliphatic rings. The summed E-state index contributed by atoms with van der Waals surface area (Å²) in [6.07, 6.45) is 46.2. The van der Waals surface area contributed by atoms with Gasteiger partial charge in [-0.15, -0.1) is 0 Å². The first-order valence-corrected chi connectivity index (χ1v) is 19.9. The van der Waals surface area contributed by atoms with Crippen LogP contribution in [0.2, 0.25) is 0 Å². The van der Waals surface area contributed by atoms with E-state index in [9.17, 15) is 29.7 Å². The molecule has 290 valence electrons. The number of aliphatic carboxylic acids is 3. The molecule has 0 aliphatic heterocycles. The summed E-state index contributed by atoms with van der Waals surface area (Å²) in [6.45, 7) is 6.71. The van der Waals surface area contributed by atoms with E-state index in [4.69, 9.17) is 0 Å². The maximum atomic E-state index is 10.1. The van der Waals surface area contributed by atoms with E-state index in [0.717, 1.165) is 56.8 Å². The molecule has 0 saturated carbocycles. The van der Waals surface area contributed by atoms with Crippen molar-refractivity contribution in [1.82, 2.24) is 0 Å². The maximum Gasteiger partial charge on any atom is 3.00 e. The van der Waals surface area contributed by atoms with Gasteiger partial charge in [0.25, 0.3) is 0 Å². The number of carboxylic acids is 3. The molecule has 0 aliphatic carbocycles. The fourth-order valence-corrected chi connectivity index (χ4v) is 5.26. The van der Waals surface area contributed by atoms with Crippen molar-refractivity contribution >= 4 is 17.9 Å². The first-order valence-electron chi connectivity index (χ1n) is 19.9. The Kier molecular flexibility index (Phi) is 57.2. The van der Waals surface area contributed by atoms with Gasteiger partial charge in [-0.1, -0.05) is 193 Å². The molecule has 0 radical (unpaired) electrons. The molecule has 49 heavy (non-hydrogen) atoms. The summed E-state index contributed by atoms with van der Waals surface area (Å²) in [4.78, 5) is 30.2. The summed E-state index contributed by atoms with van der Waals surface area (Å²) in [6, 6.07) is 0. The smallest absolute Gasteiger partial charge is 0.545 e. The molecule has 0 aromatic heterocycles. The fourth-order valence-electron chi connectivity index (χ4n) is 5.26. The predicted octanol–water partition coefficient (Wildman–Crippen LogP) is 9.64. The fraction of sp³-hybridized carbons (Fsp3) is 0.786. The Morgan fingerprint density at radius 1 is 0.327 bits per heavy atom. The quantitative estimate of drug-likeness (QED) is 0.0369. The summed E-state index contributed by atoms with van der Waals surface area (Å²) in [7, 11) is 0. The average Bonchev–Trinajstić information content (AvgIpc) is 3.05. The monoisotopic (exact) mass is 840 g/mol. The minimum atomic E-state index is -1.09. The Balaban J connectivity index is -0.000000307. The molecular formula is C42H75HoO6. The second-order valence-electron chi connectivity index (χ2n) is 13.0. The van der Waals surface area contributed by atoms with Crippen LogP contribution in [0.25, 0.3) is 0 Å². The Morgan fingerprint density at radius 3 is 0.653 bits per heavy atom. The zero-order chi connectivity index (χ0) is 36.2. The Hall–Kier alpha value is -1.11. The second kappa shape index (κ2) is 51.3. The minimum Gasteiger partial charge on any atom is -0.545 e. The van der Waals surface area contributed by atoms with E-state index < -0.39 is 17.9 Å². The topological polar surface area (TPSA) is 120 Å². The number of carbonyl (C=O) groups excluding carboxylic acids is 3. The van der Waals surface area contributed by atoms with Crippen LogP contribution in [0.4, 0.5) is 0 Å². The van der Waals surface area contributed by atoms with Gasteiger partial charge in [-0.3, -0.25) is 0 Å². The van der Waals surface area contributed by atoms with Crippen molar-refractivity contribution < 1.29 is 67.4 Å². The number of carbonyl (C=O) groups is 3. The van der Waals surface area contributed by atoms with Crippen LogP contribution in [-0.2, 0) is 14.4 Å². The Labute approximate surface area is 333 Å². The predicted molar refractivity (Wildman–Crippen MR) is 198 cm³/mol. The molecule has 0 rings (SSSR count). The van der Waals surface area contributed by atoms with Crippen molar-refractivity contribution in [3.63, 3.8) is 0 Å². The maximum absolute atomic E-state index is 10.1. The van der Waals surface area contributed by atoms with Crippen LogP contribution in [-0.4, -0.2) is 17.9 Å². The standard InChI is InChI=1S/3C14H26O2.Ho/c3*1-2-3-4-5-6-7-8-9-10-11-12-13-14(15)16;/h3*12-13H,2-11H2,1H3,(H,15,16);/q;;;+3/p-3. The molecule has 0 N–H and O–H groups in total. The average molecular weight is 841 g/mol. The Bertz CT molecular complexity index is 662. The van der Waals surface area contributed by atoms with Gasteiger partial charge in [-0.25, -0.2) is 0 Å². The van der Waals surface area contributed by atoms with Gasteiger partial charge >= 0.3 is 37.7 Å². The molecule has 0 saturated heterocycles. The van der Waals surface area contributed by atoms with Gasteiger partial charge in [0.05, 0.1) is 17.9 Å². The van der Waals surface area contributed by atoms with Crippen LogP contribution < -0.4 is 15.3 Å². The molecule has 0 aromatic carbocycles. The van der Waals surface area contributed by atoms with Crippen molar-refractivity contribution in [1.29, 1.82) is 0 Å². The van der Waals surface area contributed by atoms with E-state index in [1.807, 2.05) is 0 Å². The summed E-state index contributed by atoms with van der Waals surface area (Å²) in [5.41, 5.74) is 0. The number of hydrogen-bond donors (Lipinski definition) is 0. The third kappa shape index (κ3) is 65.8. The van der Waals surface area contributed by atoms with E-state index in [1.165, 1.54) is 154 Å². The second-order valence-corrected chi connectivity index (χ2v) is 13.0. The zero-order valence-electron chi connectivity index (χ0n) is 31.9. The molecule has 0 atom stereocenters. The van der Waals surface area contributed by atoms with Gasteiger partial charge < -0.3 is 29.7 Å². The van der Waals surface area contributed by atoms with Gasteiger partial charge in [0.15, 0.2) is 0 Å². The van der Waals surface area contributed by atoms with Crippen LogP contribution in [0.5, 0.6) is 0 Å². The summed E-state index contributed by atoms with van der Waals surface area (Å²) in [5, 5.41) is 30.2. The number of allylic oxidation sites excluding steroid dienone is 3. The van der Waals surface area contributed by atoms with E-state index >= 15 is 0 Å². The third-order valence-corrected chi connectivity index (χ3v) is 8.18. The molecule has 0 bridgehead atoms. The zero-order valence-corrected chi connectivity index (χ0v) is 33.9. The SMILES string of the molecule is CCCCCCCCCCCC=CC(=O)[O-].CCCCCCCCCCCC=CC(=O)[O-].CCCCCCCCCCCC=CC(=O)[O-].[Ho+3]. The van der Waals surface area contributed by atoms with Crippen LogP contribution in [0, 0.1) is 37.7 Å². The summed E-state index contributed by atoms with van der Waals surface area (Å²) in [5.74, 6) is -3.26. The van der Waals surface area contributed by atoms with Crippen molar-refractivity contribution in [3.05, 3.63) is 36.5 Å². The molecule has 0 fully saturated rings. The van der Waals surface area contributed by atoms with Crippen molar-refractivity contribution in [2.45, 2.75) is 213 Å². The van der Waals surface area contributed by atoms with Crippen molar-refractivity contribution in [2.24, 2.45) is 0 Å². The van der Waals surface area contributed by atoms with Crippen LogP contribution in [0.15, 0.2) is 36.5 Å². The summed E-state index contributed by atoms with van der Waals surface area (Å²) >= 11 is 0. The number of carboxylic acid groups (broad SMARTS) is 3. The largest absolute Gasteiger partial charge is 3.00 e. The summed E-state index contributed by atoms with van der Waals surface area (Å²) < 4.78 is 0. The molecular weight excluding hydrogens is 765 g/mol. The number of rotatable bonds is 33. The molecule has 0 amide bonds. The van der Waals surface area contributed by atoms with Gasteiger partial charge in [0.1, 0.15) is 0 Å². The van der Waals surface area contributed by atoms with Gasteiger partial charge in [-0.05, 0) is 56.8 Å². The third-order valence-electron chi connectivity index (χ3n) is 8.18. The van der Waals surface area contributed by atoms with Crippen molar-refractivity contribution in [3.8, 4) is 0 Å². The first-order chi connectivity index (χ1) is 23.3. The van der Waals surface area contributed by atoms with E-state index in [2.05, 4.69) is 20.8 Å². The molecule has 0 unspecified atom stereocenters. The van der Waals surface area contributed by atoms with Crippen LogP contribution in [0.3, 0.4) is 0 Å². The Morgan fingerprint density at radius 2 is 0.490 bits per heavy atom. The van der Waals surface area contributed by atoms with Crippen LogP contribution in [0.1, 0.15) is 213 Å². The van der Waals surface area contributed by atoms with Gasteiger partial charge in [0.2, 0.25) is 0 Å². The molecule has 7 heteroatoms. The molecule has 0 spiro atoms. The normalized spacial score (nSPS) is 10.8. The number of unbranched alkanes of at least 4 members (excludes halogenated alkanes) is 27. The van der Waals surface area contributed by atoms with E-state index in [1.54, 1.807) is 18.2 Å². The van der Waals surface area contributed by atoms with E-state index in [0.29, 0.717) is 0 Å². The molecule has 0 heterocycles. The number of hydrogen-bond acceptors (Lipinski definition) is 6. The van der Waals surface area contributed by atoms with Crippen LogP contribution >= 0.6 is 0 Å². The van der Waals surface area contributed by atoms with Gasteiger partial charge in [-0.2, -0.15) is 0 Å². The molecule has 6 nitrogen and oxygen atoms in total. The molecule has 0 aromatic rings. The van der Waals surface area contributed by atoms with Crippen molar-refractivity contribution in [2.75, 3.05) is 0 Å². The minimum absolute atomic E-state index is 0. The van der Waals surface area contributed by atoms with E-state index in [-0.39, 0.29) is 37.7 Å².